The normalized spacial score (nSPS) is 15.3. The van der Waals surface area contributed by atoms with Crippen LogP contribution in [0, 0.1) is 0 Å². The topological polar surface area (TPSA) is 70.6 Å². The van der Waals surface area contributed by atoms with Gasteiger partial charge in [0.2, 0.25) is 11.7 Å². The summed E-state index contributed by atoms with van der Waals surface area (Å²) in [7, 11) is 3.40. The molecule has 1 N–H and O–H groups in total. The number of aromatic nitrogens is 2. The molecule has 1 aliphatic heterocycles. The minimum Gasteiger partial charge on any atom is -0.490 e. The summed E-state index contributed by atoms with van der Waals surface area (Å²) in [6, 6.07) is 0. The maximum absolute atomic E-state index is 11.3. The fourth-order valence-electron chi connectivity index (χ4n) is 2.19. The summed E-state index contributed by atoms with van der Waals surface area (Å²) in [6.07, 6.45) is 1.51. The summed E-state index contributed by atoms with van der Waals surface area (Å²) >= 11 is 0. The van der Waals surface area contributed by atoms with E-state index in [9.17, 15) is 4.79 Å². The van der Waals surface area contributed by atoms with Gasteiger partial charge in [-0.1, -0.05) is 0 Å². The number of amides is 1. The van der Waals surface area contributed by atoms with Crippen LogP contribution in [0.5, 0.6) is 5.75 Å². The average molecular weight is 265 g/mol. The predicted molar refractivity (Wildman–Crippen MR) is 72.6 cm³/mol. The summed E-state index contributed by atoms with van der Waals surface area (Å²) in [5.74, 6) is 2.19. The fourth-order valence-corrected chi connectivity index (χ4v) is 2.19. The average Bonchev–Trinajstić information content (AvgIpc) is 2.46. The second-order valence-corrected chi connectivity index (χ2v) is 4.32. The summed E-state index contributed by atoms with van der Waals surface area (Å²) in [5, 5.41) is 2.99. The van der Waals surface area contributed by atoms with Crippen molar-refractivity contribution in [2.75, 3.05) is 50.6 Å². The third kappa shape index (κ3) is 2.69. The van der Waals surface area contributed by atoms with Gasteiger partial charge in [0, 0.05) is 40.2 Å². The van der Waals surface area contributed by atoms with Gasteiger partial charge in [0.25, 0.3) is 0 Å². The Morgan fingerprint density at radius 3 is 2.53 bits per heavy atom. The zero-order chi connectivity index (χ0) is 13.8. The summed E-state index contributed by atoms with van der Waals surface area (Å²) in [4.78, 5) is 23.7. The van der Waals surface area contributed by atoms with E-state index in [-0.39, 0.29) is 5.91 Å². The van der Waals surface area contributed by atoms with Crippen molar-refractivity contribution in [1.82, 2.24) is 14.9 Å². The van der Waals surface area contributed by atoms with Crippen LogP contribution in [0.25, 0.3) is 0 Å². The number of carbonyl (C=O) groups is 1. The van der Waals surface area contributed by atoms with Crippen LogP contribution in [0.1, 0.15) is 6.92 Å². The molecule has 0 unspecified atom stereocenters. The Morgan fingerprint density at radius 1 is 1.32 bits per heavy atom. The van der Waals surface area contributed by atoms with Gasteiger partial charge in [-0.05, 0) is 0 Å². The van der Waals surface area contributed by atoms with E-state index < -0.39 is 0 Å². The van der Waals surface area contributed by atoms with Crippen molar-refractivity contribution in [2.45, 2.75) is 6.92 Å². The first-order chi connectivity index (χ1) is 9.17. The monoisotopic (exact) mass is 265 g/mol. The van der Waals surface area contributed by atoms with Crippen LogP contribution in [-0.4, -0.2) is 61.1 Å². The molecule has 1 aromatic rings. The van der Waals surface area contributed by atoms with Gasteiger partial charge in [-0.25, -0.2) is 9.97 Å². The van der Waals surface area contributed by atoms with Crippen molar-refractivity contribution >= 4 is 17.5 Å². The van der Waals surface area contributed by atoms with E-state index in [1.54, 1.807) is 21.1 Å². The van der Waals surface area contributed by atoms with Crippen LogP contribution in [0.2, 0.25) is 0 Å². The highest BCUT2D eigenvalue weighted by molar-refractivity contribution is 5.73. The summed E-state index contributed by atoms with van der Waals surface area (Å²) in [6.45, 7) is 4.50. The second kappa shape index (κ2) is 5.73. The Balaban J connectivity index is 2.17. The van der Waals surface area contributed by atoms with Gasteiger partial charge < -0.3 is 19.9 Å². The zero-order valence-electron chi connectivity index (χ0n) is 11.5. The molecule has 1 fully saturated rings. The third-order valence-corrected chi connectivity index (χ3v) is 3.25. The molecule has 104 valence electrons. The van der Waals surface area contributed by atoms with Crippen LogP contribution < -0.4 is 15.0 Å². The van der Waals surface area contributed by atoms with Gasteiger partial charge in [-0.2, -0.15) is 0 Å². The minimum atomic E-state index is 0.116. The van der Waals surface area contributed by atoms with Gasteiger partial charge in [0.15, 0.2) is 11.6 Å². The molecule has 0 radical (unpaired) electrons. The molecule has 2 heterocycles. The van der Waals surface area contributed by atoms with Crippen molar-refractivity contribution in [2.24, 2.45) is 0 Å². The highest BCUT2D eigenvalue weighted by atomic mass is 16.5. The van der Waals surface area contributed by atoms with Crippen molar-refractivity contribution in [3.63, 3.8) is 0 Å². The van der Waals surface area contributed by atoms with Crippen molar-refractivity contribution in [1.29, 1.82) is 0 Å². The lowest BCUT2D eigenvalue weighted by Gasteiger charge is -2.35. The molecular weight excluding hydrogens is 246 g/mol. The first-order valence-corrected chi connectivity index (χ1v) is 6.24. The number of hydrogen-bond acceptors (Lipinski definition) is 6. The van der Waals surface area contributed by atoms with Crippen LogP contribution in [0.3, 0.4) is 0 Å². The Labute approximate surface area is 112 Å². The molecule has 1 aliphatic rings. The largest absolute Gasteiger partial charge is 0.490 e. The lowest BCUT2D eigenvalue weighted by molar-refractivity contribution is -0.129. The molecule has 0 aliphatic carbocycles. The molecule has 1 saturated heterocycles. The zero-order valence-corrected chi connectivity index (χ0v) is 11.5. The molecule has 7 heteroatoms. The molecule has 0 spiro atoms. The van der Waals surface area contributed by atoms with Crippen LogP contribution in [0.4, 0.5) is 11.6 Å². The molecule has 0 atom stereocenters. The van der Waals surface area contributed by atoms with Crippen LogP contribution >= 0.6 is 0 Å². The van der Waals surface area contributed by atoms with Crippen LogP contribution in [0.15, 0.2) is 6.33 Å². The third-order valence-electron chi connectivity index (χ3n) is 3.25. The molecule has 1 amide bonds. The smallest absolute Gasteiger partial charge is 0.219 e. The van der Waals surface area contributed by atoms with E-state index in [0.717, 1.165) is 18.9 Å². The number of nitrogens with zero attached hydrogens (tertiary/aromatic N) is 4. The van der Waals surface area contributed by atoms with E-state index in [0.29, 0.717) is 24.7 Å². The number of hydrogen-bond donors (Lipinski definition) is 1. The van der Waals surface area contributed by atoms with E-state index in [2.05, 4.69) is 20.2 Å². The Kier molecular flexibility index (Phi) is 4.03. The summed E-state index contributed by atoms with van der Waals surface area (Å²) < 4.78 is 5.39. The van der Waals surface area contributed by atoms with E-state index in [4.69, 9.17) is 4.74 Å². The molecule has 1 aromatic heterocycles. The minimum absolute atomic E-state index is 0.116. The van der Waals surface area contributed by atoms with Gasteiger partial charge in [0.1, 0.15) is 6.33 Å². The number of ether oxygens (including phenoxy) is 1. The van der Waals surface area contributed by atoms with Gasteiger partial charge in [-0.15, -0.1) is 0 Å². The maximum atomic E-state index is 11.3. The molecule has 0 aromatic carbocycles. The van der Waals surface area contributed by atoms with E-state index in [1.807, 2.05) is 4.90 Å². The lowest BCUT2D eigenvalue weighted by Crippen LogP contribution is -2.48. The lowest BCUT2D eigenvalue weighted by atomic mass is 10.3. The Hall–Kier alpha value is -2.05. The van der Waals surface area contributed by atoms with Crippen molar-refractivity contribution < 1.29 is 9.53 Å². The van der Waals surface area contributed by atoms with Gasteiger partial charge >= 0.3 is 0 Å². The van der Waals surface area contributed by atoms with E-state index in [1.165, 1.54) is 6.33 Å². The van der Waals surface area contributed by atoms with Crippen molar-refractivity contribution in [3.05, 3.63) is 6.33 Å². The molecule has 0 saturated carbocycles. The molecular formula is C12H19N5O2. The van der Waals surface area contributed by atoms with Crippen molar-refractivity contribution in [3.8, 4) is 5.75 Å². The first-order valence-electron chi connectivity index (χ1n) is 6.24. The highest BCUT2D eigenvalue weighted by Crippen LogP contribution is 2.31. The van der Waals surface area contributed by atoms with Gasteiger partial charge in [-0.3, -0.25) is 4.79 Å². The molecule has 7 nitrogen and oxygen atoms in total. The van der Waals surface area contributed by atoms with E-state index >= 15 is 0 Å². The van der Waals surface area contributed by atoms with Gasteiger partial charge in [0.05, 0.1) is 7.11 Å². The molecule has 0 bridgehead atoms. The molecule has 2 rings (SSSR count). The fraction of sp³-hybridized carbons (Fsp3) is 0.583. The number of rotatable bonds is 3. The first kappa shape index (κ1) is 13.4. The maximum Gasteiger partial charge on any atom is 0.219 e. The Bertz CT molecular complexity index is 457. The van der Waals surface area contributed by atoms with Crippen LogP contribution in [-0.2, 0) is 4.79 Å². The molecule has 19 heavy (non-hydrogen) atoms. The number of nitrogens with one attached hydrogen (secondary N) is 1. The quantitative estimate of drug-likeness (QED) is 0.841. The summed E-state index contributed by atoms with van der Waals surface area (Å²) in [5.41, 5.74) is 0. The highest BCUT2D eigenvalue weighted by Gasteiger charge is 2.23. The predicted octanol–water partition coefficient (Wildman–Crippen LogP) is 0.195. The Morgan fingerprint density at radius 2 is 2.00 bits per heavy atom. The number of carbonyl (C=O) groups excluding carboxylic acids is 1. The second-order valence-electron chi connectivity index (χ2n) is 4.32. The number of methoxy groups -OCH3 is 1. The number of piperazine rings is 1. The number of anilines is 2. The standard InChI is InChI=1S/C12H19N5O2/c1-9(18)16-4-6-17(7-5-16)12-10(19-3)11(13-2)14-8-15-12/h8H,4-7H2,1-3H3,(H,13,14,15). The SMILES string of the molecule is CNc1ncnc(N2CCN(C(C)=O)CC2)c1OC.